The zero-order valence-corrected chi connectivity index (χ0v) is 24.8. The van der Waals surface area contributed by atoms with Crippen molar-refractivity contribution in [3.05, 3.63) is 144 Å². The fraction of sp³-hybridized carbons (Fsp3) is 0.0732. The Balaban J connectivity index is 1.34. The molecule has 0 saturated carbocycles. The number of nitrogens with zero attached hydrogens (tertiary/aromatic N) is 4. The number of benzene rings is 6. The van der Waals surface area contributed by atoms with Crippen LogP contribution in [0.2, 0.25) is 0 Å². The Hall–Kier alpha value is -6.10. The van der Waals surface area contributed by atoms with E-state index in [1.165, 1.54) is 27.5 Å². The summed E-state index contributed by atoms with van der Waals surface area (Å²) in [4.78, 5) is 0. The standard InChI is InChI=1S/C41H26N4/c1-41(2)33-16-14-25(23-42)21-32(33)39-34(41)17-19-38-40(39)30-11-4-6-13-36(30)45(38)28-9-7-8-27(22-28)44-35-12-5-3-10-29(35)31-20-26(24-43)15-18-37(31)44/h3-22H,1-2H3. The van der Waals surface area contributed by atoms with Gasteiger partial charge in [0, 0.05) is 38.3 Å². The van der Waals surface area contributed by atoms with Gasteiger partial charge in [0.1, 0.15) is 0 Å². The summed E-state index contributed by atoms with van der Waals surface area (Å²) in [6.45, 7) is 4.56. The van der Waals surface area contributed by atoms with Crippen LogP contribution in [0.1, 0.15) is 36.1 Å². The van der Waals surface area contributed by atoms with E-state index in [4.69, 9.17) is 0 Å². The summed E-state index contributed by atoms with van der Waals surface area (Å²) in [5.74, 6) is 0. The third-order valence-corrected chi connectivity index (χ3v) is 9.75. The first-order valence-electron chi connectivity index (χ1n) is 15.2. The van der Waals surface area contributed by atoms with Gasteiger partial charge in [-0.3, -0.25) is 0 Å². The van der Waals surface area contributed by atoms with E-state index in [1.54, 1.807) is 0 Å². The van der Waals surface area contributed by atoms with Gasteiger partial charge in [-0.15, -0.1) is 0 Å². The Labute approximate surface area is 260 Å². The predicted octanol–water partition coefficient (Wildman–Crippen LogP) is 9.93. The van der Waals surface area contributed by atoms with Gasteiger partial charge >= 0.3 is 0 Å². The van der Waals surface area contributed by atoms with Crippen LogP contribution in [-0.4, -0.2) is 9.13 Å². The van der Waals surface area contributed by atoms with Crippen LogP contribution in [0.25, 0.3) is 66.1 Å². The Bertz CT molecular complexity index is 2650. The minimum Gasteiger partial charge on any atom is -0.309 e. The van der Waals surface area contributed by atoms with Crippen LogP contribution in [0.4, 0.5) is 0 Å². The van der Waals surface area contributed by atoms with Crippen LogP contribution >= 0.6 is 0 Å². The first-order valence-corrected chi connectivity index (χ1v) is 15.2. The van der Waals surface area contributed by atoms with E-state index in [0.29, 0.717) is 11.1 Å². The van der Waals surface area contributed by atoms with E-state index in [9.17, 15) is 10.5 Å². The van der Waals surface area contributed by atoms with E-state index in [2.05, 4.69) is 138 Å². The highest BCUT2D eigenvalue weighted by Crippen LogP contribution is 2.53. The van der Waals surface area contributed by atoms with Crippen molar-refractivity contribution in [1.29, 1.82) is 10.5 Å². The van der Waals surface area contributed by atoms with E-state index in [1.807, 2.05) is 18.2 Å². The lowest BCUT2D eigenvalue weighted by atomic mass is 9.82. The molecule has 1 aliphatic carbocycles. The molecule has 4 nitrogen and oxygen atoms in total. The van der Waals surface area contributed by atoms with Gasteiger partial charge < -0.3 is 9.13 Å². The zero-order chi connectivity index (χ0) is 30.4. The van der Waals surface area contributed by atoms with Crippen molar-refractivity contribution in [2.24, 2.45) is 0 Å². The summed E-state index contributed by atoms with van der Waals surface area (Å²) in [7, 11) is 0. The number of para-hydroxylation sites is 2. The Morgan fingerprint density at radius 1 is 0.511 bits per heavy atom. The molecule has 0 bridgehead atoms. The van der Waals surface area contributed by atoms with Crippen LogP contribution in [0.5, 0.6) is 0 Å². The van der Waals surface area contributed by atoms with Crippen molar-refractivity contribution < 1.29 is 0 Å². The van der Waals surface area contributed by atoms with Crippen LogP contribution in [0.15, 0.2) is 121 Å². The number of hydrogen-bond donors (Lipinski definition) is 0. The summed E-state index contributed by atoms with van der Waals surface area (Å²) in [6.07, 6.45) is 0. The average molecular weight is 575 g/mol. The number of rotatable bonds is 2. The maximum atomic E-state index is 9.78. The lowest BCUT2D eigenvalue weighted by Gasteiger charge is -2.21. The van der Waals surface area contributed by atoms with Crippen LogP contribution < -0.4 is 0 Å². The van der Waals surface area contributed by atoms with Crippen molar-refractivity contribution in [3.8, 4) is 34.6 Å². The second kappa shape index (κ2) is 8.96. The number of nitriles is 2. The highest BCUT2D eigenvalue weighted by atomic mass is 15.0. The van der Waals surface area contributed by atoms with Gasteiger partial charge in [0.15, 0.2) is 0 Å². The second-order valence-electron chi connectivity index (χ2n) is 12.4. The molecule has 0 spiro atoms. The van der Waals surface area contributed by atoms with Crippen LogP contribution in [-0.2, 0) is 5.41 Å². The topological polar surface area (TPSA) is 57.4 Å². The Kier molecular flexibility index (Phi) is 5.06. The minimum absolute atomic E-state index is 0.169. The summed E-state index contributed by atoms with van der Waals surface area (Å²) in [5.41, 5.74) is 12.7. The molecule has 2 heterocycles. The predicted molar refractivity (Wildman–Crippen MR) is 182 cm³/mol. The molecule has 210 valence electrons. The van der Waals surface area contributed by atoms with Crippen molar-refractivity contribution in [2.45, 2.75) is 19.3 Å². The fourth-order valence-electron chi connectivity index (χ4n) is 7.74. The molecule has 0 radical (unpaired) electrons. The first kappa shape index (κ1) is 25.4. The second-order valence-corrected chi connectivity index (χ2v) is 12.4. The maximum absolute atomic E-state index is 9.78. The van der Waals surface area contributed by atoms with Gasteiger partial charge in [-0.2, -0.15) is 10.5 Å². The molecule has 0 amide bonds. The molecular formula is C41H26N4. The molecule has 0 saturated heterocycles. The molecule has 0 atom stereocenters. The lowest BCUT2D eigenvalue weighted by Crippen LogP contribution is -2.14. The van der Waals surface area contributed by atoms with E-state index in [0.717, 1.165) is 49.8 Å². The van der Waals surface area contributed by atoms with E-state index < -0.39 is 0 Å². The van der Waals surface area contributed by atoms with Gasteiger partial charge in [0.25, 0.3) is 0 Å². The molecule has 4 heteroatoms. The van der Waals surface area contributed by atoms with Gasteiger partial charge in [0.2, 0.25) is 0 Å². The monoisotopic (exact) mass is 574 g/mol. The molecule has 0 unspecified atom stereocenters. The van der Waals surface area contributed by atoms with Gasteiger partial charge in [-0.25, -0.2) is 0 Å². The molecule has 6 aromatic carbocycles. The van der Waals surface area contributed by atoms with Gasteiger partial charge in [0.05, 0.1) is 45.3 Å². The van der Waals surface area contributed by atoms with Crippen molar-refractivity contribution in [1.82, 2.24) is 9.13 Å². The van der Waals surface area contributed by atoms with Crippen LogP contribution in [0.3, 0.4) is 0 Å². The van der Waals surface area contributed by atoms with Gasteiger partial charge in [-0.05, 0) is 89.0 Å². The van der Waals surface area contributed by atoms with Crippen molar-refractivity contribution in [3.63, 3.8) is 0 Å². The Morgan fingerprint density at radius 2 is 1.09 bits per heavy atom. The largest absolute Gasteiger partial charge is 0.309 e. The third-order valence-electron chi connectivity index (χ3n) is 9.75. The summed E-state index contributed by atoms with van der Waals surface area (Å²) < 4.78 is 4.67. The molecule has 0 aliphatic heterocycles. The molecule has 9 rings (SSSR count). The molecule has 1 aliphatic rings. The van der Waals surface area contributed by atoms with Crippen molar-refractivity contribution >= 4 is 43.6 Å². The molecule has 45 heavy (non-hydrogen) atoms. The van der Waals surface area contributed by atoms with Crippen molar-refractivity contribution in [2.75, 3.05) is 0 Å². The average Bonchev–Trinajstić information content (AvgIpc) is 3.67. The highest BCUT2D eigenvalue weighted by molar-refractivity contribution is 6.18. The fourth-order valence-corrected chi connectivity index (χ4v) is 7.74. The lowest BCUT2D eigenvalue weighted by molar-refractivity contribution is 0.661. The Morgan fingerprint density at radius 3 is 1.84 bits per heavy atom. The zero-order valence-electron chi connectivity index (χ0n) is 24.8. The normalized spacial score (nSPS) is 13.2. The number of aromatic nitrogens is 2. The first-order chi connectivity index (χ1) is 22.0. The van der Waals surface area contributed by atoms with E-state index in [-0.39, 0.29) is 5.41 Å². The number of hydrogen-bond acceptors (Lipinski definition) is 2. The number of fused-ring (bicyclic) bond motifs is 10. The van der Waals surface area contributed by atoms with Crippen LogP contribution in [0, 0.1) is 22.7 Å². The molecule has 0 fully saturated rings. The summed E-state index contributed by atoms with van der Waals surface area (Å²) in [6, 6.07) is 47.0. The third kappa shape index (κ3) is 3.34. The highest BCUT2D eigenvalue weighted by Gasteiger charge is 2.37. The minimum atomic E-state index is -0.169. The van der Waals surface area contributed by atoms with Gasteiger partial charge in [-0.1, -0.05) is 68.4 Å². The SMILES string of the molecule is CC1(C)c2ccc(C#N)cc2-c2c1ccc1c2c2ccccc2n1-c1cccc(-n2c3ccccc3c3cc(C#N)ccc32)c1. The van der Waals surface area contributed by atoms with E-state index >= 15 is 0 Å². The molecular weight excluding hydrogens is 548 g/mol. The summed E-state index contributed by atoms with van der Waals surface area (Å²) >= 11 is 0. The molecule has 0 N–H and O–H groups in total. The smallest absolute Gasteiger partial charge is 0.0991 e. The quantitative estimate of drug-likeness (QED) is 0.206. The molecule has 8 aromatic rings. The molecule has 2 aromatic heterocycles. The maximum Gasteiger partial charge on any atom is 0.0991 e. The summed E-state index contributed by atoms with van der Waals surface area (Å²) in [5, 5.41) is 24.0.